The van der Waals surface area contributed by atoms with Gasteiger partial charge in [0.2, 0.25) is 5.91 Å². The normalized spacial score (nSPS) is 15.1. The van der Waals surface area contributed by atoms with Gasteiger partial charge in [0.05, 0.1) is 25.0 Å². The Morgan fingerprint density at radius 3 is 2.78 bits per heavy atom. The Balaban J connectivity index is 2.36. The maximum Gasteiger partial charge on any atom is 0.405 e. The third-order valence-corrected chi connectivity index (χ3v) is 2.52. The molecule has 98 valence electrons. The van der Waals surface area contributed by atoms with Crippen molar-refractivity contribution < 1.29 is 22.7 Å². The second-order valence-corrected chi connectivity index (χ2v) is 3.90. The highest BCUT2D eigenvalue weighted by atomic mass is 19.4. The van der Waals surface area contributed by atoms with Crippen LogP contribution in [-0.2, 0) is 4.79 Å². The predicted molar refractivity (Wildman–Crippen MR) is 59.9 cm³/mol. The van der Waals surface area contributed by atoms with E-state index in [2.05, 4.69) is 5.32 Å². The zero-order valence-corrected chi connectivity index (χ0v) is 9.54. The summed E-state index contributed by atoms with van der Waals surface area (Å²) in [5.74, 6) is -0.0195. The highest BCUT2D eigenvalue weighted by Crippen LogP contribution is 2.34. The molecular weight excluding hydrogens is 249 g/mol. The average molecular weight is 260 g/mol. The zero-order chi connectivity index (χ0) is 13.3. The molecule has 1 aliphatic heterocycles. The number of rotatable bonds is 2. The minimum Gasteiger partial charge on any atom is -0.497 e. The number of alkyl halides is 3. The molecule has 0 spiro atoms. The van der Waals surface area contributed by atoms with Gasteiger partial charge < -0.3 is 15.0 Å². The minimum absolute atomic E-state index is 0.311. The van der Waals surface area contributed by atoms with Gasteiger partial charge in [0, 0.05) is 6.07 Å². The maximum atomic E-state index is 12.4. The van der Waals surface area contributed by atoms with E-state index in [9.17, 15) is 18.0 Å². The number of fused-ring (bicyclic) bond motifs is 1. The lowest BCUT2D eigenvalue weighted by Crippen LogP contribution is -2.43. The number of hydrogen-bond acceptors (Lipinski definition) is 3. The molecule has 0 fully saturated rings. The van der Waals surface area contributed by atoms with Crippen molar-refractivity contribution in [2.75, 3.05) is 30.4 Å². The largest absolute Gasteiger partial charge is 0.497 e. The first kappa shape index (κ1) is 12.5. The van der Waals surface area contributed by atoms with Crippen LogP contribution in [0.5, 0.6) is 5.75 Å². The molecule has 1 aliphatic rings. The van der Waals surface area contributed by atoms with Crippen LogP contribution >= 0.6 is 0 Å². The van der Waals surface area contributed by atoms with E-state index < -0.39 is 18.6 Å². The van der Waals surface area contributed by atoms with E-state index in [1.165, 1.54) is 19.2 Å². The van der Waals surface area contributed by atoms with Crippen LogP contribution in [0.2, 0.25) is 0 Å². The number of methoxy groups -OCH3 is 1. The van der Waals surface area contributed by atoms with Gasteiger partial charge in [0.15, 0.2) is 0 Å². The Labute approximate surface area is 101 Å². The average Bonchev–Trinajstić information content (AvgIpc) is 2.26. The molecule has 0 unspecified atom stereocenters. The van der Waals surface area contributed by atoms with Crippen molar-refractivity contribution in [3.05, 3.63) is 18.2 Å². The number of carbonyl (C=O) groups is 1. The van der Waals surface area contributed by atoms with Gasteiger partial charge in [0.25, 0.3) is 0 Å². The van der Waals surface area contributed by atoms with Gasteiger partial charge in [-0.3, -0.25) is 4.79 Å². The summed E-state index contributed by atoms with van der Waals surface area (Å²) in [7, 11) is 1.43. The number of anilines is 2. The van der Waals surface area contributed by atoms with E-state index in [1.54, 1.807) is 6.07 Å². The number of nitrogens with zero attached hydrogens (tertiary/aromatic N) is 1. The van der Waals surface area contributed by atoms with E-state index in [4.69, 9.17) is 4.74 Å². The van der Waals surface area contributed by atoms with E-state index in [0.29, 0.717) is 17.1 Å². The highest BCUT2D eigenvalue weighted by Gasteiger charge is 2.34. The Morgan fingerprint density at radius 1 is 1.44 bits per heavy atom. The Kier molecular flexibility index (Phi) is 3.06. The summed E-state index contributed by atoms with van der Waals surface area (Å²) >= 11 is 0. The van der Waals surface area contributed by atoms with Crippen molar-refractivity contribution in [3.63, 3.8) is 0 Å². The first-order valence-electron chi connectivity index (χ1n) is 5.18. The fraction of sp³-hybridized carbons (Fsp3) is 0.364. The third-order valence-electron chi connectivity index (χ3n) is 2.52. The van der Waals surface area contributed by atoms with Crippen LogP contribution in [0.3, 0.4) is 0 Å². The molecule has 0 atom stereocenters. The van der Waals surface area contributed by atoms with Crippen molar-refractivity contribution in [1.82, 2.24) is 0 Å². The van der Waals surface area contributed by atoms with Crippen LogP contribution in [-0.4, -0.2) is 32.3 Å². The lowest BCUT2D eigenvalue weighted by molar-refractivity contribution is -0.122. The summed E-state index contributed by atoms with van der Waals surface area (Å²) in [6, 6.07) is 4.57. The molecule has 1 amide bonds. The summed E-state index contributed by atoms with van der Waals surface area (Å²) < 4.78 is 42.3. The second kappa shape index (κ2) is 4.40. The van der Waals surface area contributed by atoms with Gasteiger partial charge in [-0.15, -0.1) is 0 Å². The first-order chi connectivity index (χ1) is 8.39. The molecule has 7 heteroatoms. The quantitative estimate of drug-likeness (QED) is 0.884. The number of halogens is 3. The van der Waals surface area contributed by atoms with Crippen LogP contribution in [0.4, 0.5) is 24.5 Å². The fourth-order valence-corrected chi connectivity index (χ4v) is 1.81. The number of ether oxygens (including phenoxy) is 1. The second-order valence-electron chi connectivity index (χ2n) is 3.90. The van der Waals surface area contributed by atoms with Gasteiger partial charge in [0.1, 0.15) is 12.3 Å². The monoisotopic (exact) mass is 260 g/mol. The molecule has 0 radical (unpaired) electrons. The molecule has 1 aromatic rings. The Hall–Kier alpha value is -1.92. The van der Waals surface area contributed by atoms with E-state index in [1.807, 2.05) is 0 Å². The topological polar surface area (TPSA) is 41.6 Å². The van der Waals surface area contributed by atoms with Crippen molar-refractivity contribution in [1.29, 1.82) is 0 Å². The summed E-state index contributed by atoms with van der Waals surface area (Å²) in [5, 5.41) is 2.52. The van der Waals surface area contributed by atoms with Gasteiger partial charge in [-0.1, -0.05) is 0 Å². The molecule has 1 aromatic carbocycles. The van der Waals surface area contributed by atoms with Crippen LogP contribution in [0.1, 0.15) is 0 Å². The number of carbonyl (C=O) groups excluding carboxylic acids is 1. The summed E-state index contributed by atoms with van der Waals surface area (Å²) in [6.07, 6.45) is -4.36. The van der Waals surface area contributed by atoms with E-state index in [-0.39, 0.29) is 6.54 Å². The molecular formula is C11H11F3N2O2. The molecule has 0 saturated heterocycles. The smallest absolute Gasteiger partial charge is 0.405 e. The Morgan fingerprint density at radius 2 is 2.17 bits per heavy atom. The molecule has 2 rings (SSSR count). The number of benzene rings is 1. The van der Waals surface area contributed by atoms with Gasteiger partial charge in [-0.25, -0.2) is 0 Å². The van der Waals surface area contributed by atoms with Gasteiger partial charge in [-0.2, -0.15) is 13.2 Å². The lowest BCUT2D eigenvalue weighted by Gasteiger charge is -2.31. The Bertz CT molecular complexity index is 474. The number of amides is 1. The molecule has 0 saturated carbocycles. The van der Waals surface area contributed by atoms with Crippen molar-refractivity contribution in [3.8, 4) is 5.75 Å². The standard InChI is InChI=1S/C11H11F3N2O2/c1-18-7-2-3-8-9(4-7)16(5-10(17)15-8)6-11(12,13)14/h2-4H,5-6H2,1H3,(H,15,17). The number of hydrogen-bond donors (Lipinski definition) is 1. The lowest BCUT2D eigenvalue weighted by atomic mass is 10.2. The van der Waals surface area contributed by atoms with Crippen LogP contribution in [0.25, 0.3) is 0 Å². The van der Waals surface area contributed by atoms with Gasteiger partial charge in [-0.05, 0) is 12.1 Å². The predicted octanol–water partition coefficient (Wildman–Crippen LogP) is 2.02. The SMILES string of the molecule is COc1ccc2c(c1)N(CC(F)(F)F)CC(=O)N2. The minimum atomic E-state index is -4.36. The molecule has 0 aromatic heterocycles. The zero-order valence-electron chi connectivity index (χ0n) is 9.54. The van der Waals surface area contributed by atoms with Crippen molar-refractivity contribution >= 4 is 17.3 Å². The summed E-state index contributed by atoms with van der Waals surface area (Å²) in [5.41, 5.74) is 0.669. The van der Waals surface area contributed by atoms with Crippen LogP contribution in [0.15, 0.2) is 18.2 Å². The molecule has 1 N–H and O–H groups in total. The highest BCUT2D eigenvalue weighted by molar-refractivity contribution is 6.01. The summed E-state index contributed by atoms with van der Waals surface area (Å²) in [6.45, 7) is -1.49. The third kappa shape index (κ3) is 2.66. The summed E-state index contributed by atoms with van der Waals surface area (Å²) in [4.78, 5) is 12.3. The molecule has 0 bridgehead atoms. The van der Waals surface area contributed by atoms with Gasteiger partial charge >= 0.3 is 6.18 Å². The van der Waals surface area contributed by atoms with Crippen LogP contribution in [0, 0.1) is 0 Å². The van der Waals surface area contributed by atoms with Crippen molar-refractivity contribution in [2.24, 2.45) is 0 Å². The first-order valence-corrected chi connectivity index (χ1v) is 5.18. The number of nitrogens with one attached hydrogen (secondary N) is 1. The maximum absolute atomic E-state index is 12.4. The van der Waals surface area contributed by atoms with E-state index in [0.717, 1.165) is 4.90 Å². The molecule has 18 heavy (non-hydrogen) atoms. The molecule has 1 heterocycles. The van der Waals surface area contributed by atoms with Crippen molar-refractivity contribution in [2.45, 2.75) is 6.18 Å². The van der Waals surface area contributed by atoms with Crippen LogP contribution < -0.4 is 15.0 Å². The fourth-order valence-electron chi connectivity index (χ4n) is 1.81. The molecule has 4 nitrogen and oxygen atoms in total. The van der Waals surface area contributed by atoms with E-state index >= 15 is 0 Å². The molecule has 0 aliphatic carbocycles.